The number of nitrogens with zero attached hydrogens (tertiary/aromatic N) is 1. The molecule has 0 amide bonds. The zero-order valence-electron chi connectivity index (χ0n) is 14.3. The molecule has 0 bridgehead atoms. The molecule has 2 aromatic carbocycles. The minimum atomic E-state index is -3.82. The first kappa shape index (κ1) is 19.7. The Bertz CT molecular complexity index is 873. The molecule has 0 radical (unpaired) electrons. The molecule has 2 aromatic rings. The topological polar surface area (TPSA) is 104 Å². The highest BCUT2D eigenvalue weighted by atomic mass is 32.2. The SMILES string of the molecule is Cc1ccc(S(=O)(=O)OCCCC(=O)Cc2ccc([N+](=O)[O-])cc2)cc1. The fraction of sp³-hybridized carbons (Fsp3) is 0.278. The zero-order chi connectivity index (χ0) is 19.2. The van der Waals surface area contributed by atoms with Crippen LogP contribution in [-0.2, 0) is 25.5 Å². The largest absolute Gasteiger partial charge is 0.299 e. The third-order valence-electron chi connectivity index (χ3n) is 3.70. The fourth-order valence-electron chi connectivity index (χ4n) is 2.26. The summed E-state index contributed by atoms with van der Waals surface area (Å²) in [6, 6.07) is 12.1. The summed E-state index contributed by atoms with van der Waals surface area (Å²) < 4.78 is 29.0. The summed E-state index contributed by atoms with van der Waals surface area (Å²) in [6.45, 7) is 1.77. The maximum Gasteiger partial charge on any atom is 0.296 e. The predicted molar refractivity (Wildman–Crippen MR) is 95.4 cm³/mol. The van der Waals surface area contributed by atoms with Crippen LogP contribution in [-0.4, -0.2) is 25.7 Å². The predicted octanol–water partition coefficient (Wildman–Crippen LogP) is 3.20. The molecule has 0 atom stereocenters. The Morgan fingerprint density at radius 3 is 2.27 bits per heavy atom. The molecule has 7 nitrogen and oxygen atoms in total. The van der Waals surface area contributed by atoms with Gasteiger partial charge in [0.15, 0.2) is 0 Å². The Morgan fingerprint density at radius 1 is 1.08 bits per heavy atom. The number of nitro groups is 1. The lowest BCUT2D eigenvalue weighted by molar-refractivity contribution is -0.384. The summed E-state index contributed by atoms with van der Waals surface area (Å²) in [5.41, 5.74) is 1.59. The molecule has 0 saturated heterocycles. The van der Waals surface area contributed by atoms with E-state index >= 15 is 0 Å². The van der Waals surface area contributed by atoms with Crippen LogP contribution in [0.1, 0.15) is 24.0 Å². The summed E-state index contributed by atoms with van der Waals surface area (Å²) in [6.07, 6.45) is 0.583. The van der Waals surface area contributed by atoms with Gasteiger partial charge in [-0.15, -0.1) is 0 Å². The first-order valence-electron chi connectivity index (χ1n) is 7.99. The Kier molecular flexibility index (Phi) is 6.59. The van der Waals surface area contributed by atoms with Crippen molar-refractivity contribution in [3.05, 3.63) is 69.8 Å². The van der Waals surface area contributed by atoms with Crippen LogP contribution in [0, 0.1) is 17.0 Å². The molecule has 0 unspecified atom stereocenters. The number of carbonyl (C=O) groups is 1. The standard InChI is InChI=1S/C18H19NO6S/c1-14-4-10-18(11-5-14)26(23,24)25-12-2-3-17(20)13-15-6-8-16(9-7-15)19(21)22/h4-11H,2-3,12-13H2,1H3. The Labute approximate surface area is 151 Å². The van der Waals surface area contributed by atoms with Gasteiger partial charge in [-0.1, -0.05) is 29.8 Å². The number of nitro benzene ring substituents is 1. The highest BCUT2D eigenvalue weighted by Gasteiger charge is 2.15. The van der Waals surface area contributed by atoms with Crippen LogP contribution in [0.15, 0.2) is 53.4 Å². The molecule has 0 fully saturated rings. The maximum atomic E-state index is 12.0. The average molecular weight is 377 g/mol. The number of rotatable bonds is 9. The number of non-ortho nitro benzene ring substituents is 1. The molecule has 0 spiro atoms. The van der Waals surface area contributed by atoms with E-state index in [1.807, 2.05) is 6.92 Å². The number of Topliss-reactive ketones (excluding diaryl/α,β-unsaturated/α-hetero) is 1. The van der Waals surface area contributed by atoms with Crippen molar-refractivity contribution in [2.75, 3.05) is 6.61 Å². The average Bonchev–Trinajstić information content (AvgIpc) is 2.59. The second-order valence-corrected chi connectivity index (χ2v) is 7.45. The van der Waals surface area contributed by atoms with Gasteiger partial charge in [0.1, 0.15) is 5.78 Å². The van der Waals surface area contributed by atoms with Crippen LogP contribution in [0.2, 0.25) is 0 Å². The third kappa shape index (κ3) is 5.75. The highest BCUT2D eigenvalue weighted by molar-refractivity contribution is 7.86. The molecule has 0 aromatic heterocycles. The smallest absolute Gasteiger partial charge is 0.296 e. The van der Waals surface area contributed by atoms with Gasteiger partial charge in [0.2, 0.25) is 0 Å². The molecule has 26 heavy (non-hydrogen) atoms. The molecular weight excluding hydrogens is 358 g/mol. The van der Waals surface area contributed by atoms with Crippen LogP contribution in [0.3, 0.4) is 0 Å². The Morgan fingerprint density at radius 2 is 1.69 bits per heavy atom. The summed E-state index contributed by atoms with van der Waals surface area (Å²) in [5.74, 6) is -0.0878. The molecule has 0 N–H and O–H groups in total. The molecule has 8 heteroatoms. The third-order valence-corrected chi connectivity index (χ3v) is 5.02. The van der Waals surface area contributed by atoms with Gasteiger partial charge >= 0.3 is 0 Å². The molecule has 0 saturated carbocycles. The van der Waals surface area contributed by atoms with E-state index in [-0.39, 0.29) is 42.2 Å². The van der Waals surface area contributed by atoms with Crippen molar-refractivity contribution in [1.82, 2.24) is 0 Å². The Balaban J connectivity index is 1.77. The van der Waals surface area contributed by atoms with Gasteiger partial charge in [0, 0.05) is 25.0 Å². The van der Waals surface area contributed by atoms with E-state index in [0.717, 1.165) is 5.56 Å². The summed E-state index contributed by atoms with van der Waals surface area (Å²) in [4.78, 5) is 22.1. The number of aryl methyl sites for hydroxylation is 1. The van der Waals surface area contributed by atoms with E-state index in [9.17, 15) is 23.3 Å². The molecule has 0 aliphatic rings. The van der Waals surface area contributed by atoms with E-state index < -0.39 is 15.0 Å². The first-order valence-corrected chi connectivity index (χ1v) is 9.40. The highest BCUT2D eigenvalue weighted by Crippen LogP contribution is 2.15. The van der Waals surface area contributed by atoms with E-state index in [1.54, 1.807) is 12.1 Å². The summed E-state index contributed by atoms with van der Waals surface area (Å²) in [5, 5.41) is 10.6. The minimum Gasteiger partial charge on any atom is -0.299 e. The van der Waals surface area contributed by atoms with Gasteiger partial charge in [-0.25, -0.2) is 0 Å². The normalized spacial score (nSPS) is 11.3. The molecule has 0 aliphatic heterocycles. The van der Waals surface area contributed by atoms with Gasteiger partial charge < -0.3 is 0 Å². The monoisotopic (exact) mass is 377 g/mol. The number of carbonyl (C=O) groups excluding carboxylic acids is 1. The second kappa shape index (κ2) is 8.68. The van der Waals surface area contributed by atoms with Gasteiger partial charge in [-0.05, 0) is 31.0 Å². The lowest BCUT2D eigenvalue weighted by Crippen LogP contribution is -2.10. The van der Waals surface area contributed by atoms with Crippen LogP contribution >= 0.6 is 0 Å². The number of ketones is 1. The fourth-order valence-corrected chi connectivity index (χ4v) is 3.21. The number of benzene rings is 2. The van der Waals surface area contributed by atoms with Crippen LogP contribution < -0.4 is 0 Å². The maximum absolute atomic E-state index is 12.0. The van der Waals surface area contributed by atoms with Crippen LogP contribution in [0.25, 0.3) is 0 Å². The number of hydrogen-bond acceptors (Lipinski definition) is 6. The van der Waals surface area contributed by atoms with Crippen molar-refractivity contribution >= 4 is 21.6 Å². The second-order valence-electron chi connectivity index (χ2n) is 5.83. The van der Waals surface area contributed by atoms with E-state index in [2.05, 4.69) is 0 Å². The van der Waals surface area contributed by atoms with Gasteiger partial charge in [-0.2, -0.15) is 8.42 Å². The lowest BCUT2D eigenvalue weighted by Gasteiger charge is -2.06. The van der Waals surface area contributed by atoms with Crippen molar-refractivity contribution in [1.29, 1.82) is 0 Å². The molecular formula is C18H19NO6S. The van der Waals surface area contributed by atoms with Crippen LogP contribution in [0.4, 0.5) is 5.69 Å². The molecule has 138 valence electrons. The quantitative estimate of drug-likeness (QED) is 0.288. The molecule has 0 heterocycles. The van der Waals surface area contributed by atoms with Crippen molar-refractivity contribution in [3.8, 4) is 0 Å². The lowest BCUT2D eigenvalue weighted by atomic mass is 10.1. The molecule has 0 aliphatic carbocycles. The zero-order valence-corrected chi connectivity index (χ0v) is 15.1. The van der Waals surface area contributed by atoms with Gasteiger partial charge in [-0.3, -0.25) is 19.1 Å². The van der Waals surface area contributed by atoms with Crippen LogP contribution in [0.5, 0.6) is 0 Å². The van der Waals surface area contributed by atoms with Crippen molar-refractivity contribution < 1.29 is 22.3 Å². The van der Waals surface area contributed by atoms with Gasteiger partial charge in [0.25, 0.3) is 15.8 Å². The first-order chi connectivity index (χ1) is 12.3. The van der Waals surface area contributed by atoms with E-state index in [0.29, 0.717) is 5.56 Å². The van der Waals surface area contributed by atoms with Crippen molar-refractivity contribution in [2.45, 2.75) is 31.1 Å². The van der Waals surface area contributed by atoms with Crippen molar-refractivity contribution in [2.24, 2.45) is 0 Å². The minimum absolute atomic E-state index is 0.0316. The van der Waals surface area contributed by atoms with Crippen molar-refractivity contribution in [3.63, 3.8) is 0 Å². The molecule has 2 rings (SSSR count). The van der Waals surface area contributed by atoms with Gasteiger partial charge in [0.05, 0.1) is 16.4 Å². The summed E-state index contributed by atoms with van der Waals surface area (Å²) in [7, 11) is -3.82. The summed E-state index contributed by atoms with van der Waals surface area (Å²) >= 11 is 0. The van der Waals surface area contributed by atoms with E-state index in [4.69, 9.17) is 4.18 Å². The number of hydrogen-bond donors (Lipinski definition) is 0. The Hall–Kier alpha value is -2.58. The van der Waals surface area contributed by atoms with E-state index in [1.165, 1.54) is 36.4 Å².